The number of hydrogen-bond acceptors (Lipinski definition) is 7. The molecule has 2 atom stereocenters. The molecule has 8 heteroatoms. The second-order valence-electron chi connectivity index (χ2n) is 6.53. The first kappa shape index (κ1) is 18.6. The Bertz CT molecular complexity index is 968. The molecule has 7 nitrogen and oxygen atoms in total. The van der Waals surface area contributed by atoms with E-state index in [4.69, 9.17) is 14.0 Å². The normalized spacial score (nSPS) is 17.0. The van der Waals surface area contributed by atoms with Gasteiger partial charge in [-0.1, -0.05) is 23.4 Å². The quantitative estimate of drug-likeness (QED) is 0.684. The Balaban J connectivity index is 1.57. The molecule has 0 spiro atoms. The van der Waals surface area contributed by atoms with Gasteiger partial charge in [-0.25, -0.2) is 0 Å². The highest BCUT2D eigenvalue weighted by molar-refractivity contribution is 7.10. The van der Waals surface area contributed by atoms with Crippen LogP contribution in [-0.2, 0) is 16.0 Å². The first-order valence-electron chi connectivity index (χ1n) is 9.06. The summed E-state index contributed by atoms with van der Waals surface area (Å²) in [4.78, 5) is 18.5. The fourth-order valence-corrected chi connectivity index (χ4v) is 4.32. The predicted molar refractivity (Wildman–Crippen MR) is 103 cm³/mol. The summed E-state index contributed by atoms with van der Waals surface area (Å²) in [5.74, 6) is 1.31. The topological polar surface area (TPSA) is 86.5 Å². The van der Waals surface area contributed by atoms with E-state index in [-0.39, 0.29) is 18.4 Å². The standard InChI is InChI=1S/C20H21N3O4S/c1-12-21-20(23-27-12)19(14-5-3-4-6-15(14)25-2)22-18(24)11-16-13-8-10-28-17(13)7-9-26-16/h3-6,8,10,16,19H,7,9,11H2,1-2H3,(H,22,24)/t16-,19-/m1/s1. The van der Waals surface area contributed by atoms with Crippen LogP contribution < -0.4 is 10.1 Å². The Morgan fingerprint density at radius 1 is 1.39 bits per heavy atom. The lowest BCUT2D eigenvalue weighted by atomic mass is 10.0. The lowest BCUT2D eigenvalue weighted by Crippen LogP contribution is -2.32. The number of carbonyl (C=O) groups is 1. The summed E-state index contributed by atoms with van der Waals surface area (Å²) in [6.07, 6.45) is 0.892. The number of rotatable bonds is 6. The van der Waals surface area contributed by atoms with Gasteiger partial charge >= 0.3 is 0 Å². The first-order chi connectivity index (χ1) is 13.7. The maximum Gasteiger partial charge on any atom is 0.223 e. The van der Waals surface area contributed by atoms with Crippen LogP contribution in [0.3, 0.4) is 0 Å². The molecule has 1 amide bonds. The van der Waals surface area contributed by atoms with Gasteiger partial charge in [0.1, 0.15) is 11.8 Å². The number of amides is 1. The Morgan fingerprint density at radius 3 is 3.04 bits per heavy atom. The highest BCUT2D eigenvalue weighted by atomic mass is 32.1. The number of nitrogens with one attached hydrogen (secondary N) is 1. The number of methoxy groups -OCH3 is 1. The number of aryl methyl sites for hydroxylation is 1. The van der Waals surface area contributed by atoms with Crippen LogP contribution in [-0.4, -0.2) is 29.8 Å². The van der Waals surface area contributed by atoms with Crippen LogP contribution in [0.1, 0.15) is 46.3 Å². The van der Waals surface area contributed by atoms with Crippen molar-refractivity contribution in [1.82, 2.24) is 15.5 Å². The zero-order valence-electron chi connectivity index (χ0n) is 15.7. The second kappa shape index (κ2) is 8.12. The minimum Gasteiger partial charge on any atom is -0.496 e. The molecule has 2 aromatic heterocycles. The van der Waals surface area contributed by atoms with Gasteiger partial charge in [-0.05, 0) is 23.1 Å². The summed E-state index contributed by atoms with van der Waals surface area (Å²) >= 11 is 1.71. The van der Waals surface area contributed by atoms with Crippen molar-refractivity contribution in [3.63, 3.8) is 0 Å². The van der Waals surface area contributed by atoms with Gasteiger partial charge in [-0.15, -0.1) is 11.3 Å². The number of nitrogens with zero attached hydrogens (tertiary/aromatic N) is 2. The Labute approximate surface area is 166 Å². The number of ether oxygens (including phenoxy) is 2. The highest BCUT2D eigenvalue weighted by Crippen LogP contribution is 2.34. The Morgan fingerprint density at radius 2 is 2.25 bits per heavy atom. The average Bonchev–Trinajstić information content (AvgIpc) is 3.35. The van der Waals surface area contributed by atoms with E-state index in [2.05, 4.69) is 15.5 Å². The lowest BCUT2D eigenvalue weighted by Gasteiger charge is -2.24. The zero-order chi connectivity index (χ0) is 19.5. The zero-order valence-corrected chi connectivity index (χ0v) is 16.5. The van der Waals surface area contributed by atoms with Crippen LogP contribution in [0.15, 0.2) is 40.2 Å². The number of thiophene rings is 1. The van der Waals surface area contributed by atoms with Crippen LogP contribution in [0.25, 0.3) is 0 Å². The molecule has 0 radical (unpaired) electrons. The van der Waals surface area contributed by atoms with Crippen LogP contribution >= 0.6 is 11.3 Å². The third-order valence-corrected chi connectivity index (χ3v) is 5.70. The molecule has 1 aliphatic rings. The van der Waals surface area contributed by atoms with Crippen LogP contribution in [0.5, 0.6) is 5.75 Å². The van der Waals surface area contributed by atoms with Gasteiger partial charge in [0.05, 0.1) is 26.2 Å². The molecular formula is C20H21N3O4S. The van der Waals surface area contributed by atoms with Gasteiger partial charge in [-0.3, -0.25) is 4.79 Å². The number of aromatic nitrogens is 2. The van der Waals surface area contributed by atoms with E-state index in [1.807, 2.05) is 35.7 Å². The van der Waals surface area contributed by atoms with Gasteiger partial charge in [0, 0.05) is 23.8 Å². The third-order valence-electron chi connectivity index (χ3n) is 4.70. The molecule has 0 bridgehead atoms. The maximum absolute atomic E-state index is 12.9. The maximum atomic E-state index is 12.9. The first-order valence-corrected chi connectivity index (χ1v) is 9.94. The third kappa shape index (κ3) is 3.79. The minimum atomic E-state index is -0.577. The summed E-state index contributed by atoms with van der Waals surface area (Å²) in [6.45, 7) is 2.34. The van der Waals surface area contributed by atoms with Crippen molar-refractivity contribution in [2.45, 2.75) is 31.9 Å². The molecule has 0 unspecified atom stereocenters. The van der Waals surface area contributed by atoms with E-state index < -0.39 is 6.04 Å². The number of fused-ring (bicyclic) bond motifs is 1. The van der Waals surface area contributed by atoms with Gasteiger partial charge in [-0.2, -0.15) is 4.98 Å². The van der Waals surface area contributed by atoms with Gasteiger partial charge in [0.2, 0.25) is 11.8 Å². The average molecular weight is 399 g/mol. The second-order valence-corrected chi connectivity index (χ2v) is 7.53. The number of benzene rings is 1. The molecule has 0 saturated heterocycles. The largest absolute Gasteiger partial charge is 0.496 e. The summed E-state index contributed by atoms with van der Waals surface area (Å²) in [5.41, 5.74) is 1.87. The molecular weight excluding hydrogens is 378 g/mol. The SMILES string of the molecule is COc1ccccc1[C@@H](NC(=O)C[C@H]1OCCc2sccc21)c1noc(C)n1. The van der Waals surface area contributed by atoms with Crippen molar-refractivity contribution in [2.75, 3.05) is 13.7 Å². The smallest absolute Gasteiger partial charge is 0.223 e. The molecule has 146 valence electrons. The Kier molecular flexibility index (Phi) is 5.40. The van der Waals surface area contributed by atoms with Gasteiger partial charge in [0.15, 0.2) is 5.82 Å². The van der Waals surface area contributed by atoms with Crippen molar-refractivity contribution in [2.24, 2.45) is 0 Å². The minimum absolute atomic E-state index is 0.151. The van der Waals surface area contributed by atoms with Crippen molar-refractivity contribution in [1.29, 1.82) is 0 Å². The van der Waals surface area contributed by atoms with Crippen molar-refractivity contribution in [3.8, 4) is 5.75 Å². The monoisotopic (exact) mass is 399 g/mol. The summed E-state index contributed by atoms with van der Waals surface area (Å²) in [6, 6.07) is 8.93. The van der Waals surface area contributed by atoms with Gasteiger partial charge in [0.25, 0.3) is 0 Å². The van der Waals surface area contributed by atoms with Gasteiger partial charge < -0.3 is 19.3 Å². The number of hydrogen-bond donors (Lipinski definition) is 1. The van der Waals surface area contributed by atoms with E-state index in [1.54, 1.807) is 25.4 Å². The Hall–Kier alpha value is -2.71. The fourth-order valence-electron chi connectivity index (χ4n) is 3.40. The van der Waals surface area contributed by atoms with Crippen LogP contribution in [0.2, 0.25) is 0 Å². The van der Waals surface area contributed by atoms with Crippen molar-refractivity contribution in [3.05, 3.63) is 63.4 Å². The number of carbonyl (C=O) groups excluding carboxylic acids is 1. The molecule has 1 aromatic carbocycles. The van der Waals surface area contributed by atoms with E-state index >= 15 is 0 Å². The molecule has 1 N–H and O–H groups in total. The molecule has 3 aromatic rings. The summed E-state index contributed by atoms with van der Waals surface area (Å²) < 4.78 is 16.4. The molecule has 3 heterocycles. The summed E-state index contributed by atoms with van der Waals surface area (Å²) in [7, 11) is 1.59. The van der Waals surface area contributed by atoms with Crippen molar-refractivity contribution < 1.29 is 18.8 Å². The lowest BCUT2D eigenvalue weighted by molar-refractivity contribution is -0.125. The molecule has 0 saturated carbocycles. The summed E-state index contributed by atoms with van der Waals surface area (Å²) in [5, 5.41) is 9.08. The predicted octanol–water partition coefficient (Wildman–Crippen LogP) is 3.36. The number of para-hydroxylation sites is 1. The van der Waals surface area contributed by atoms with Crippen LogP contribution in [0, 0.1) is 6.92 Å². The molecule has 0 fully saturated rings. The van der Waals surface area contributed by atoms with Crippen LogP contribution in [0.4, 0.5) is 0 Å². The van der Waals surface area contributed by atoms with E-state index in [1.165, 1.54) is 4.88 Å². The van der Waals surface area contributed by atoms with E-state index in [0.717, 1.165) is 17.5 Å². The highest BCUT2D eigenvalue weighted by Gasteiger charge is 2.28. The molecule has 0 aliphatic carbocycles. The van der Waals surface area contributed by atoms with E-state index in [0.29, 0.717) is 24.1 Å². The fraction of sp³-hybridized carbons (Fsp3) is 0.350. The van der Waals surface area contributed by atoms with Crippen molar-refractivity contribution >= 4 is 17.2 Å². The molecule has 4 rings (SSSR count). The molecule has 1 aliphatic heterocycles. The molecule has 28 heavy (non-hydrogen) atoms. The van der Waals surface area contributed by atoms with E-state index in [9.17, 15) is 4.79 Å².